The van der Waals surface area contributed by atoms with E-state index in [0.717, 1.165) is 16.9 Å². The normalized spacial score (nSPS) is 10.2. The molecule has 0 bridgehead atoms. The highest BCUT2D eigenvalue weighted by Crippen LogP contribution is 2.28. The number of hydrogen-bond donors (Lipinski definition) is 1. The van der Waals surface area contributed by atoms with Crippen LogP contribution in [0.3, 0.4) is 0 Å². The fraction of sp³-hybridized carbons (Fsp3) is 0.0833. The van der Waals surface area contributed by atoms with E-state index < -0.39 is 0 Å². The van der Waals surface area contributed by atoms with Gasteiger partial charge in [-0.2, -0.15) is 0 Å². The molecule has 0 aliphatic carbocycles. The number of nitrogens with one attached hydrogen (secondary N) is 1. The van der Waals surface area contributed by atoms with Crippen LogP contribution in [0.5, 0.6) is 0 Å². The van der Waals surface area contributed by atoms with E-state index in [4.69, 9.17) is 11.6 Å². The molecule has 2 rings (SSSR count). The van der Waals surface area contributed by atoms with Crippen LogP contribution >= 0.6 is 11.6 Å². The highest BCUT2D eigenvalue weighted by molar-refractivity contribution is 6.33. The third-order valence-electron chi connectivity index (χ3n) is 2.26. The van der Waals surface area contributed by atoms with Gasteiger partial charge in [0, 0.05) is 24.5 Å². The standard InChI is InChI=1S/C12H10ClFN2/c1-15-9-4-5-16-12(7-9)10-3-2-8(14)6-11(10)13/h2-7H,1H3,(H,15,16). The van der Waals surface area contributed by atoms with Crippen LogP contribution in [-0.2, 0) is 0 Å². The van der Waals surface area contributed by atoms with Crippen LogP contribution in [0.1, 0.15) is 0 Å². The molecule has 2 aromatic rings. The molecule has 1 N–H and O–H groups in total. The molecular weight excluding hydrogens is 227 g/mol. The average molecular weight is 237 g/mol. The summed E-state index contributed by atoms with van der Waals surface area (Å²) in [5, 5.41) is 3.37. The van der Waals surface area contributed by atoms with Crippen LogP contribution < -0.4 is 5.32 Å². The van der Waals surface area contributed by atoms with E-state index in [1.54, 1.807) is 12.3 Å². The molecule has 4 heteroatoms. The molecule has 0 saturated heterocycles. The monoisotopic (exact) mass is 236 g/mol. The molecule has 0 radical (unpaired) electrons. The molecule has 2 nitrogen and oxygen atoms in total. The van der Waals surface area contributed by atoms with E-state index in [1.807, 2.05) is 19.2 Å². The van der Waals surface area contributed by atoms with Gasteiger partial charge < -0.3 is 5.32 Å². The molecule has 0 amide bonds. The van der Waals surface area contributed by atoms with E-state index in [9.17, 15) is 4.39 Å². The van der Waals surface area contributed by atoms with Gasteiger partial charge in [-0.15, -0.1) is 0 Å². The number of aromatic nitrogens is 1. The van der Waals surface area contributed by atoms with Crippen LogP contribution in [0.15, 0.2) is 36.5 Å². The minimum Gasteiger partial charge on any atom is -0.388 e. The third kappa shape index (κ3) is 2.14. The fourth-order valence-electron chi connectivity index (χ4n) is 1.43. The molecule has 0 fully saturated rings. The zero-order chi connectivity index (χ0) is 11.5. The molecule has 0 spiro atoms. The van der Waals surface area contributed by atoms with Crippen molar-refractivity contribution in [3.05, 3.63) is 47.4 Å². The Morgan fingerprint density at radius 2 is 2.06 bits per heavy atom. The lowest BCUT2D eigenvalue weighted by Gasteiger charge is -2.05. The number of anilines is 1. The van der Waals surface area contributed by atoms with Crippen molar-refractivity contribution in [2.45, 2.75) is 0 Å². The second kappa shape index (κ2) is 4.49. The summed E-state index contributed by atoms with van der Waals surface area (Å²) in [5.74, 6) is -0.349. The van der Waals surface area contributed by atoms with Crippen LogP contribution in [0.4, 0.5) is 10.1 Å². The summed E-state index contributed by atoms with van der Waals surface area (Å²) in [4.78, 5) is 4.20. The van der Waals surface area contributed by atoms with Crippen molar-refractivity contribution in [3.63, 3.8) is 0 Å². The Balaban J connectivity index is 2.49. The smallest absolute Gasteiger partial charge is 0.124 e. The molecule has 0 unspecified atom stereocenters. The van der Waals surface area contributed by atoms with Gasteiger partial charge in [0.2, 0.25) is 0 Å². The molecule has 0 aliphatic rings. The van der Waals surface area contributed by atoms with Crippen LogP contribution in [0.25, 0.3) is 11.3 Å². The third-order valence-corrected chi connectivity index (χ3v) is 2.57. The maximum absolute atomic E-state index is 12.9. The lowest BCUT2D eigenvalue weighted by Crippen LogP contribution is -1.91. The zero-order valence-electron chi connectivity index (χ0n) is 8.67. The predicted molar refractivity (Wildman–Crippen MR) is 64.2 cm³/mol. The number of hydrogen-bond acceptors (Lipinski definition) is 2. The number of pyridine rings is 1. The summed E-state index contributed by atoms with van der Waals surface area (Å²) < 4.78 is 12.9. The molecule has 16 heavy (non-hydrogen) atoms. The first kappa shape index (κ1) is 10.9. The van der Waals surface area contributed by atoms with E-state index in [1.165, 1.54) is 12.1 Å². The highest BCUT2D eigenvalue weighted by atomic mass is 35.5. The second-order valence-electron chi connectivity index (χ2n) is 3.30. The summed E-state index contributed by atoms with van der Waals surface area (Å²) in [6.45, 7) is 0. The topological polar surface area (TPSA) is 24.9 Å². The molecule has 1 aromatic heterocycles. The summed E-state index contributed by atoms with van der Waals surface area (Å²) in [6.07, 6.45) is 1.68. The molecule has 0 saturated carbocycles. The lowest BCUT2D eigenvalue weighted by molar-refractivity contribution is 0.628. The SMILES string of the molecule is CNc1ccnc(-c2ccc(F)cc2Cl)c1. The number of nitrogens with zero attached hydrogens (tertiary/aromatic N) is 1. The molecule has 0 aliphatic heterocycles. The summed E-state index contributed by atoms with van der Waals surface area (Å²) in [7, 11) is 1.82. The Morgan fingerprint density at radius 3 is 2.75 bits per heavy atom. The minimum atomic E-state index is -0.349. The van der Waals surface area contributed by atoms with Crippen molar-refractivity contribution in [1.29, 1.82) is 0 Å². The van der Waals surface area contributed by atoms with Gasteiger partial charge in [0.1, 0.15) is 5.82 Å². The molecule has 82 valence electrons. The molecule has 0 atom stereocenters. The van der Waals surface area contributed by atoms with Crippen molar-refractivity contribution in [2.24, 2.45) is 0 Å². The van der Waals surface area contributed by atoms with Crippen molar-refractivity contribution in [1.82, 2.24) is 4.98 Å². The van der Waals surface area contributed by atoms with Gasteiger partial charge in [-0.25, -0.2) is 4.39 Å². The molecule has 1 aromatic carbocycles. The number of halogens is 2. The minimum absolute atomic E-state index is 0.349. The summed E-state index contributed by atoms with van der Waals surface area (Å²) in [6, 6.07) is 7.99. The van der Waals surface area contributed by atoms with Crippen molar-refractivity contribution in [2.75, 3.05) is 12.4 Å². The largest absolute Gasteiger partial charge is 0.388 e. The first-order valence-electron chi connectivity index (χ1n) is 4.80. The highest BCUT2D eigenvalue weighted by Gasteiger charge is 2.06. The van der Waals surface area contributed by atoms with Crippen molar-refractivity contribution >= 4 is 17.3 Å². The first-order valence-corrected chi connectivity index (χ1v) is 5.18. The molecular formula is C12H10ClFN2. The van der Waals surface area contributed by atoms with E-state index in [0.29, 0.717) is 5.02 Å². The maximum atomic E-state index is 12.9. The Morgan fingerprint density at radius 1 is 1.25 bits per heavy atom. The summed E-state index contributed by atoms with van der Waals surface area (Å²) in [5.41, 5.74) is 2.38. The van der Waals surface area contributed by atoms with Gasteiger partial charge >= 0.3 is 0 Å². The summed E-state index contributed by atoms with van der Waals surface area (Å²) >= 11 is 5.96. The van der Waals surface area contributed by atoms with Gasteiger partial charge in [-0.3, -0.25) is 4.98 Å². The first-order chi connectivity index (χ1) is 7.70. The maximum Gasteiger partial charge on any atom is 0.124 e. The van der Waals surface area contributed by atoms with Crippen LogP contribution in [0, 0.1) is 5.82 Å². The number of rotatable bonds is 2. The van der Waals surface area contributed by atoms with E-state index >= 15 is 0 Å². The van der Waals surface area contributed by atoms with Crippen molar-refractivity contribution < 1.29 is 4.39 Å². The van der Waals surface area contributed by atoms with Crippen molar-refractivity contribution in [3.8, 4) is 11.3 Å². The van der Waals surface area contributed by atoms with Gasteiger partial charge in [0.25, 0.3) is 0 Å². The fourth-order valence-corrected chi connectivity index (χ4v) is 1.69. The zero-order valence-corrected chi connectivity index (χ0v) is 9.42. The van der Waals surface area contributed by atoms with Gasteiger partial charge in [-0.1, -0.05) is 11.6 Å². The predicted octanol–water partition coefficient (Wildman–Crippen LogP) is 3.58. The lowest BCUT2D eigenvalue weighted by atomic mass is 10.1. The van der Waals surface area contributed by atoms with Gasteiger partial charge in [0.05, 0.1) is 10.7 Å². The second-order valence-corrected chi connectivity index (χ2v) is 3.71. The van der Waals surface area contributed by atoms with Crippen LogP contribution in [-0.4, -0.2) is 12.0 Å². The quantitative estimate of drug-likeness (QED) is 0.862. The van der Waals surface area contributed by atoms with E-state index in [-0.39, 0.29) is 5.82 Å². The Kier molecular flexibility index (Phi) is 3.06. The van der Waals surface area contributed by atoms with E-state index in [2.05, 4.69) is 10.3 Å². The van der Waals surface area contributed by atoms with Crippen LogP contribution in [0.2, 0.25) is 5.02 Å². The Hall–Kier alpha value is -1.61. The van der Waals surface area contributed by atoms with Gasteiger partial charge in [0.15, 0.2) is 0 Å². The Bertz CT molecular complexity index is 514. The Labute approximate surface area is 98.1 Å². The number of benzene rings is 1. The average Bonchev–Trinajstić information content (AvgIpc) is 2.29. The molecule has 1 heterocycles. The van der Waals surface area contributed by atoms with Gasteiger partial charge in [-0.05, 0) is 30.3 Å².